The second-order valence-electron chi connectivity index (χ2n) is 7.46. The van der Waals surface area contributed by atoms with Crippen LogP contribution in [0.25, 0.3) is 0 Å². The lowest BCUT2D eigenvalue weighted by Gasteiger charge is -2.39. The third kappa shape index (κ3) is 4.83. The lowest BCUT2D eigenvalue weighted by Crippen LogP contribution is -2.48. The molecular weight excluding hydrogens is 390 g/mol. The molecule has 1 fully saturated rings. The molecule has 0 radical (unpaired) electrons. The lowest BCUT2D eigenvalue weighted by molar-refractivity contribution is 0.111. The maximum atomic E-state index is 13.4. The highest BCUT2D eigenvalue weighted by molar-refractivity contribution is 6.30. The van der Waals surface area contributed by atoms with E-state index < -0.39 is 0 Å². The Morgan fingerprint density at radius 1 is 1.17 bits per heavy atom. The van der Waals surface area contributed by atoms with E-state index in [4.69, 9.17) is 16.3 Å². The maximum Gasteiger partial charge on any atom is 0.259 e. The van der Waals surface area contributed by atoms with E-state index in [-0.39, 0.29) is 17.4 Å². The molecule has 0 aliphatic carbocycles. The molecule has 3 rings (SSSR count). The van der Waals surface area contributed by atoms with E-state index in [2.05, 4.69) is 16.7 Å². The summed E-state index contributed by atoms with van der Waals surface area (Å²) in [7, 11) is 1.62. The Bertz CT molecular complexity index is 874. The van der Waals surface area contributed by atoms with Gasteiger partial charge in [0.1, 0.15) is 5.75 Å². The van der Waals surface area contributed by atoms with Gasteiger partial charge in [0.25, 0.3) is 5.56 Å². The molecule has 2 heterocycles. The molecule has 1 aromatic carbocycles. The van der Waals surface area contributed by atoms with E-state index in [0.29, 0.717) is 23.7 Å². The van der Waals surface area contributed by atoms with Crippen LogP contribution in [0.2, 0.25) is 5.02 Å². The summed E-state index contributed by atoms with van der Waals surface area (Å²) in [4.78, 5) is 18.1. The normalized spacial score (nSPS) is 16.8. The van der Waals surface area contributed by atoms with Crippen molar-refractivity contribution in [3.63, 3.8) is 0 Å². The maximum absolute atomic E-state index is 13.4. The zero-order valence-electron chi connectivity index (χ0n) is 17.4. The first kappa shape index (κ1) is 21.8. The van der Waals surface area contributed by atoms with Crippen molar-refractivity contribution < 1.29 is 9.84 Å². The fourth-order valence-corrected chi connectivity index (χ4v) is 4.16. The van der Waals surface area contributed by atoms with Crippen LogP contribution < -0.4 is 5.56 Å². The summed E-state index contributed by atoms with van der Waals surface area (Å²) in [6, 6.07) is 8.90. The summed E-state index contributed by atoms with van der Waals surface area (Å²) < 4.78 is 6.86. The minimum Gasteiger partial charge on any atom is -0.507 e. The van der Waals surface area contributed by atoms with Gasteiger partial charge in [0, 0.05) is 50.6 Å². The van der Waals surface area contributed by atoms with E-state index in [0.717, 1.165) is 44.0 Å². The predicted octanol–water partition coefficient (Wildman–Crippen LogP) is 2.89. The Balaban J connectivity index is 2.09. The third-order valence-corrected chi connectivity index (χ3v) is 5.97. The van der Waals surface area contributed by atoms with Gasteiger partial charge in [-0.15, -0.1) is 0 Å². The van der Waals surface area contributed by atoms with Crippen molar-refractivity contribution in [2.45, 2.75) is 26.4 Å². The molecule has 2 aromatic rings. The van der Waals surface area contributed by atoms with Crippen molar-refractivity contribution >= 4 is 11.6 Å². The second kappa shape index (κ2) is 9.76. The number of rotatable bonds is 7. The number of hydrogen-bond donors (Lipinski definition) is 1. The second-order valence-corrected chi connectivity index (χ2v) is 7.89. The summed E-state index contributed by atoms with van der Waals surface area (Å²) in [6.07, 6.45) is 0. The fourth-order valence-electron chi connectivity index (χ4n) is 4.03. The number of aromatic hydroxyl groups is 1. The number of aryl methyl sites for hydroxylation is 1. The minimum absolute atomic E-state index is 0.0408. The van der Waals surface area contributed by atoms with Crippen molar-refractivity contribution in [2.24, 2.45) is 0 Å². The zero-order chi connectivity index (χ0) is 21.0. The average molecular weight is 420 g/mol. The molecule has 1 aliphatic rings. The predicted molar refractivity (Wildman–Crippen MR) is 116 cm³/mol. The Morgan fingerprint density at radius 3 is 2.41 bits per heavy atom. The molecule has 0 bridgehead atoms. The van der Waals surface area contributed by atoms with Gasteiger partial charge < -0.3 is 19.3 Å². The van der Waals surface area contributed by atoms with Crippen LogP contribution in [0.4, 0.5) is 0 Å². The van der Waals surface area contributed by atoms with Crippen molar-refractivity contribution in [1.82, 2.24) is 14.4 Å². The number of benzene rings is 1. The highest BCUT2D eigenvalue weighted by Gasteiger charge is 2.31. The molecular formula is C22H30ClN3O3. The number of pyridine rings is 1. The summed E-state index contributed by atoms with van der Waals surface area (Å²) in [5.41, 5.74) is 1.92. The first-order chi connectivity index (χ1) is 14.0. The minimum atomic E-state index is -0.326. The lowest BCUT2D eigenvalue weighted by atomic mass is 9.96. The van der Waals surface area contributed by atoms with Crippen LogP contribution in [0, 0.1) is 6.92 Å². The van der Waals surface area contributed by atoms with Gasteiger partial charge in [0.2, 0.25) is 0 Å². The molecule has 29 heavy (non-hydrogen) atoms. The molecule has 0 unspecified atom stereocenters. The first-order valence-corrected chi connectivity index (χ1v) is 10.5. The van der Waals surface area contributed by atoms with Crippen LogP contribution in [-0.2, 0) is 11.3 Å². The molecule has 1 aromatic heterocycles. The van der Waals surface area contributed by atoms with Crippen LogP contribution in [0.5, 0.6) is 5.75 Å². The molecule has 0 saturated carbocycles. The molecule has 0 spiro atoms. The van der Waals surface area contributed by atoms with Crippen molar-refractivity contribution in [3.8, 4) is 5.75 Å². The van der Waals surface area contributed by atoms with Crippen molar-refractivity contribution in [3.05, 3.63) is 62.5 Å². The molecule has 1 atom stereocenters. The van der Waals surface area contributed by atoms with Gasteiger partial charge in [-0.1, -0.05) is 30.7 Å². The Hall–Kier alpha value is -1.86. The molecule has 6 nitrogen and oxygen atoms in total. The van der Waals surface area contributed by atoms with Gasteiger partial charge in [-0.3, -0.25) is 9.69 Å². The number of aromatic nitrogens is 1. The van der Waals surface area contributed by atoms with E-state index in [9.17, 15) is 9.90 Å². The van der Waals surface area contributed by atoms with E-state index in [1.807, 2.05) is 31.2 Å². The van der Waals surface area contributed by atoms with Crippen LogP contribution in [0.3, 0.4) is 0 Å². The first-order valence-electron chi connectivity index (χ1n) is 10.1. The van der Waals surface area contributed by atoms with E-state index >= 15 is 0 Å². The number of hydrogen-bond acceptors (Lipinski definition) is 5. The fraction of sp³-hybridized carbons (Fsp3) is 0.500. The van der Waals surface area contributed by atoms with E-state index in [1.54, 1.807) is 17.7 Å². The number of halogens is 1. The Labute approximate surface area is 177 Å². The topological polar surface area (TPSA) is 57.9 Å². The highest BCUT2D eigenvalue weighted by Crippen LogP contribution is 2.33. The molecule has 1 N–H and O–H groups in total. The Kier molecular flexibility index (Phi) is 7.35. The summed E-state index contributed by atoms with van der Waals surface area (Å²) in [6.45, 7) is 9.41. The quantitative estimate of drug-likeness (QED) is 0.747. The van der Waals surface area contributed by atoms with Crippen LogP contribution in [0.15, 0.2) is 35.1 Å². The van der Waals surface area contributed by atoms with Gasteiger partial charge in [-0.2, -0.15) is 0 Å². The van der Waals surface area contributed by atoms with Gasteiger partial charge in [-0.05, 0) is 37.2 Å². The van der Waals surface area contributed by atoms with Crippen LogP contribution >= 0.6 is 11.6 Å². The van der Waals surface area contributed by atoms with Gasteiger partial charge in [0.05, 0.1) is 18.2 Å². The standard InChI is InChI=1S/C22H30ClN3O3/c1-4-24-9-11-25(12-10-24)21(17-5-7-18(23)8-6-17)20-19(27)15-16(2)26(22(20)28)13-14-29-3/h5-8,15,21,27H,4,9-14H2,1-3H3/t21-/m0/s1. The van der Waals surface area contributed by atoms with Crippen molar-refractivity contribution in [1.29, 1.82) is 0 Å². The van der Waals surface area contributed by atoms with Gasteiger partial charge >= 0.3 is 0 Å². The third-order valence-electron chi connectivity index (χ3n) is 5.72. The molecule has 1 saturated heterocycles. The van der Waals surface area contributed by atoms with Crippen LogP contribution in [0.1, 0.15) is 29.8 Å². The van der Waals surface area contributed by atoms with Crippen LogP contribution in [-0.4, -0.2) is 65.9 Å². The number of nitrogens with zero attached hydrogens (tertiary/aromatic N) is 3. The van der Waals surface area contributed by atoms with Gasteiger partial charge in [-0.25, -0.2) is 0 Å². The summed E-state index contributed by atoms with van der Waals surface area (Å²) >= 11 is 6.10. The zero-order valence-corrected chi connectivity index (χ0v) is 18.2. The molecule has 7 heteroatoms. The molecule has 158 valence electrons. The molecule has 1 aliphatic heterocycles. The number of likely N-dealkylation sites (N-methyl/N-ethyl adjacent to an activating group) is 1. The number of piperazine rings is 1. The van der Waals surface area contributed by atoms with Crippen molar-refractivity contribution in [2.75, 3.05) is 46.4 Å². The monoisotopic (exact) mass is 419 g/mol. The summed E-state index contributed by atoms with van der Waals surface area (Å²) in [5, 5.41) is 11.5. The largest absolute Gasteiger partial charge is 0.507 e. The number of ether oxygens (including phenoxy) is 1. The smallest absolute Gasteiger partial charge is 0.259 e. The SMILES string of the molecule is CCN1CCN([C@@H](c2ccc(Cl)cc2)c2c(O)cc(C)n(CCOC)c2=O)CC1. The average Bonchev–Trinajstić information content (AvgIpc) is 2.72. The molecule has 0 amide bonds. The van der Waals surface area contributed by atoms with Gasteiger partial charge in [0.15, 0.2) is 0 Å². The Morgan fingerprint density at radius 2 is 1.83 bits per heavy atom. The highest BCUT2D eigenvalue weighted by atomic mass is 35.5. The number of methoxy groups -OCH3 is 1. The van der Waals surface area contributed by atoms with E-state index in [1.165, 1.54) is 0 Å². The summed E-state index contributed by atoms with van der Waals surface area (Å²) in [5.74, 6) is 0.0408.